The van der Waals surface area contributed by atoms with Gasteiger partial charge in [-0.05, 0) is 49.7 Å². The van der Waals surface area contributed by atoms with E-state index in [4.69, 9.17) is 0 Å². The molecule has 0 heterocycles. The third-order valence-corrected chi connectivity index (χ3v) is 3.53. The molecule has 0 aliphatic heterocycles. The van der Waals surface area contributed by atoms with Gasteiger partial charge >= 0.3 is 0 Å². The molecule has 1 atom stereocenters. The Morgan fingerprint density at radius 2 is 1.74 bits per heavy atom. The molecule has 0 amide bonds. The van der Waals surface area contributed by atoms with Gasteiger partial charge in [0.2, 0.25) is 0 Å². The molecular formula is C17H22N2. The van der Waals surface area contributed by atoms with Gasteiger partial charge in [0.1, 0.15) is 0 Å². The highest BCUT2D eigenvalue weighted by Crippen LogP contribution is 2.26. The summed E-state index contributed by atoms with van der Waals surface area (Å²) in [4.78, 5) is 0. The number of hydrogen-bond acceptors (Lipinski definition) is 2. The minimum Gasteiger partial charge on any atom is -0.388 e. The van der Waals surface area contributed by atoms with E-state index in [1.54, 1.807) is 0 Å². The van der Waals surface area contributed by atoms with Crippen LogP contribution in [0.25, 0.3) is 0 Å². The number of hydrogen-bond donors (Lipinski definition) is 2. The molecule has 0 aliphatic carbocycles. The highest BCUT2D eigenvalue weighted by atomic mass is 14.9. The first kappa shape index (κ1) is 13.6. The predicted octanol–water partition coefficient (Wildman–Crippen LogP) is 3.65. The van der Waals surface area contributed by atoms with Gasteiger partial charge in [0.15, 0.2) is 0 Å². The minimum atomic E-state index is 0.230. The predicted molar refractivity (Wildman–Crippen MR) is 82.8 cm³/mol. The lowest BCUT2D eigenvalue weighted by atomic mass is 9.94. The third kappa shape index (κ3) is 2.96. The highest BCUT2D eigenvalue weighted by molar-refractivity contribution is 5.48. The van der Waals surface area contributed by atoms with E-state index in [0.29, 0.717) is 0 Å². The molecule has 0 bridgehead atoms. The average molecular weight is 254 g/mol. The molecule has 0 saturated heterocycles. The van der Waals surface area contributed by atoms with Crippen LogP contribution in [0.2, 0.25) is 0 Å². The molecule has 0 fully saturated rings. The molecule has 2 heteroatoms. The van der Waals surface area contributed by atoms with E-state index < -0.39 is 0 Å². The van der Waals surface area contributed by atoms with Crippen LogP contribution in [0.3, 0.4) is 0 Å². The highest BCUT2D eigenvalue weighted by Gasteiger charge is 2.14. The fourth-order valence-corrected chi connectivity index (χ4v) is 2.52. The summed E-state index contributed by atoms with van der Waals surface area (Å²) in [5.41, 5.74) is 6.39. The zero-order valence-corrected chi connectivity index (χ0v) is 12.1. The maximum Gasteiger partial charge on any atom is 0.0577 e. The molecule has 0 radical (unpaired) electrons. The first-order valence-corrected chi connectivity index (χ1v) is 6.68. The fraction of sp³-hybridized carbons (Fsp3) is 0.294. The second-order valence-electron chi connectivity index (χ2n) is 4.96. The molecule has 0 aliphatic rings. The van der Waals surface area contributed by atoms with Crippen LogP contribution in [0, 0.1) is 13.8 Å². The number of nitrogens with one attached hydrogen (secondary N) is 2. The van der Waals surface area contributed by atoms with E-state index in [2.05, 4.69) is 66.9 Å². The van der Waals surface area contributed by atoms with E-state index in [-0.39, 0.29) is 6.04 Å². The first-order valence-electron chi connectivity index (χ1n) is 6.68. The summed E-state index contributed by atoms with van der Waals surface area (Å²) in [7, 11) is 3.96. The van der Waals surface area contributed by atoms with E-state index in [0.717, 1.165) is 5.69 Å². The number of anilines is 1. The first-order chi connectivity index (χ1) is 9.15. The summed E-state index contributed by atoms with van der Waals surface area (Å²) in [6, 6.07) is 15.4. The van der Waals surface area contributed by atoms with Crippen LogP contribution in [-0.4, -0.2) is 14.1 Å². The lowest BCUT2D eigenvalue weighted by molar-refractivity contribution is 0.687. The van der Waals surface area contributed by atoms with Crippen molar-refractivity contribution >= 4 is 5.69 Å². The lowest BCUT2D eigenvalue weighted by Crippen LogP contribution is -2.18. The standard InChI is InChI=1S/C17H22N2/c1-12-8-9-16(13(2)10-12)17(19-4)14-6-5-7-15(11-14)18-3/h5-11,17-19H,1-4H3. The molecule has 2 aromatic rings. The normalized spacial score (nSPS) is 12.2. The Kier molecular flexibility index (Phi) is 4.23. The monoisotopic (exact) mass is 254 g/mol. The SMILES string of the molecule is CNc1cccc(C(NC)c2ccc(C)cc2C)c1. The van der Waals surface area contributed by atoms with Crippen molar-refractivity contribution in [3.8, 4) is 0 Å². The van der Waals surface area contributed by atoms with Gasteiger partial charge in [0.25, 0.3) is 0 Å². The van der Waals surface area contributed by atoms with Gasteiger partial charge in [0.05, 0.1) is 6.04 Å². The second-order valence-corrected chi connectivity index (χ2v) is 4.96. The summed E-state index contributed by atoms with van der Waals surface area (Å²) in [6.07, 6.45) is 0. The van der Waals surface area contributed by atoms with Crippen molar-refractivity contribution in [2.75, 3.05) is 19.4 Å². The summed E-state index contributed by atoms with van der Waals surface area (Å²) >= 11 is 0. The molecule has 0 aromatic heterocycles. The molecule has 2 nitrogen and oxygen atoms in total. The third-order valence-electron chi connectivity index (χ3n) is 3.53. The van der Waals surface area contributed by atoms with Gasteiger partial charge in [-0.15, -0.1) is 0 Å². The molecule has 2 N–H and O–H groups in total. The van der Waals surface area contributed by atoms with E-state index in [9.17, 15) is 0 Å². The number of benzene rings is 2. The topological polar surface area (TPSA) is 24.1 Å². The molecule has 0 spiro atoms. The molecule has 19 heavy (non-hydrogen) atoms. The summed E-state index contributed by atoms with van der Waals surface area (Å²) in [6.45, 7) is 4.31. The van der Waals surface area contributed by atoms with Crippen molar-refractivity contribution < 1.29 is 0 Å². The Morgan fingerprint density at radius 1 is 0.947 bits per heavy atom. The molecule has 100 valence electrons. The van der Waals surface area contributed by atoms with Crippen molar-refractivity contribution in [2.45, 2.75) is 19.9 Å². The van der Waals surface area contributed by atoms with Gasteiger partial charge < -0.3 is 10.6 Å². The van der Waals surface area contributed by atoms with Gasteiger partial charge in [-0.3, -0.25) is 0 Å². The Morgan fingerprint density at radius 3 is 2.37 bits per heavy atom. The van der Waals surface area contributed by atoms with Crippen LogP contribution in [-0.2, 0) is 0 Å². The summed E-state index contributed by atoms with van der Waals surface area (Å²) in [5, 5.41) is 6.61. The zero-order chi connectivity index (χ0) is 13.8. The van der Waals surface area contributed by atoms with Crippen LogP contribution in [0.1, 0.15) is 28.3 Å². The van der Waals surface area contributed by atoms with E-state index in [1.807, 2.05) is 14.1 Å². The quantitative estimate of drug-likeness (QED) is 0.870. The molecule has 1 unspecified atom stereocenters. The maximum atomic E-state index is 3.42. The van der Waals surface area contributed by atoms with Crippen LogP contribution in [0.15, 0.2) is 42.5 Å². The summed E-state index contributed by atoms with van der Waals surface area (Å²) < 4.78 is 0. The molecule has 0 saturated carbocycles. The number of aryl methyl sites for hydroxylation is 2. The second kappa shape index (κ2) is 5.89. The van der Waals surface area contributed by atoms with Gasteiger partial charge in [0, 0.05) is 12.7 Å². The fourth-order valence-electron chi connectivity index (χ4n) is 2.52. The Hall–Kier alpha value is -1.80. The van der Waals surface area contributed by atoms with Crippen molar-refractivity contribution in [3.63, 3.8) is 0 Å². The number of rotatable bonds is 4. The molecule has 2 aromatic carbocycles. The van der Waals surface area contributed by atoms with Crippen molar-refractivity contribution in [1.82, 2.24) is 5.32 Å². The average Bonchev–Trinajstić information content (AvgIpc) is 2.42. The molecule has 2 rings (SSSR count). The van der Waals surface area contributed by atoms with E-state index in [1.165, 1.54) is 22.3 Å². The zero-order valence-electron chi connectivity index (χ0n) is 12.1. The minimum absolute atomic E-state index is 0.230. The Balaban J connectivity index is 2.43. The van der Waals surface area contributed by atoms with Crippen molar-refractivity contribution in [3.05, 3.63) is 64.7 Å². The van der Waals surface area contributed by atoms with Gasteiger partial charge in [-0.1, -0.05) is 35.9 Å². The van der Waals surface area contributed by atoms with Crippen LogP contribution >= 0.6 is 0 Å². The largest absolute Gasteiger partial charge is 0.388 e. The van der Waals surface area contributed by atoms with E-state index >= 15 is 0 Å². The van der Waals surface area contributed by atoms with Crippen molar-refractivity contribution in [2.24, 2.45) is 0 Å². The van der Waals surface area contributed by atoms with Crippen LogP contribution in [0.5, 0.6) is 0 Å². The maximum absolute atomic E-state index is 3.42. The molecular weight excluding hydrogens is 232 g/mol. The summed E-state index contributed by atoms with van der Waals surface area (Å²) in [5.74, 6) is 0. The van der Waals surface area contributed by atoms with Crippen LogP contribution in [0.4, 0.5) is 5.69 Å². The Bertz CT molecular complexity index is 561. The smallest absolute Gasteiger partial charge is 0.0577 e. The lowest BCUT2D eigenvalue weighted by Gasteiger charge is -2.20. The van der Waals surface area contributed by atoms with Crippen LogP contribution < -0.4 is 10.6 Å². The van der Waals surface area contributed by atoms with Crippen molar-refractivity contribution in [1.29, 1.82) is 0 Å². The van der Waals surface area contributed by atoms with Gasteiger partial charge in [-0.2, -0.15) is 0 Å². The Labute approximate surface area is 115 Å². The van der Waals surface area contributed by atoms with Gasteiger partial charge in [-0.25, -0.2) is 0 Å².